The average Bonchev–Trinajstić information content (AvgIpc) is 1.82. The molecule has 0 unspecified atom stereocenters. The molecule has 0 fully saturated rings. The van der Waals surface area contributed by atoms with E-state index in [0.717, 1.165) is 0 Å². The van der Waals surface area contributed by atoms with Crippen molar-refractivity contribution in [1.82, 2.24) is 9.80 Å². The van der Waals surface area contributed by atoms with Gasteiger partial charge in [0.05, 0.1) is 6.34 Å². The molecule has 58 valence electrons. The summed E-state index contributed by atoms with van der Waals surface area (Å²) in [6.45, 7) is 0. The van der Waals surface area contributed by atoms with Crippen molar-refractivity contribution >= 4 is 23.7 Å². The second-order valence-electron chi connectivity index (χ2n) is 2.39. The molecule has 0 amide bonds. The van der Waals surface area contributed by atoms with E-state index in [1.54, 1.807) is 11.2 Å². The first-order valence-electron chi connectivity index (χ1n) is 2.96. The quantitative estimate of drug-likeness (QED) is 0.314. The molecule has 0 aromatic carbocycles. The Morgan fingerprint density at radius 2 is 1.80 bits per heavy atom. The molecule has 0 aliphatic rings. The van der Waals surface area contributed by atoms with Crippen LogP contribution in [0.2, 0.25) is 0 Å². The largest absolute Gasteiger partial charge is 0.369 e. The highest BCUT2D eigenvalue weighted by Gasteiger charge is 1.91. The topological polar surface area (TPSA) is 18.8 Å². The zero-order valence-electron chi connectivity index (χ0n) is 6.83. The van der Waals surface area contributed by atoms with Crippen LogP contribution < -0.4 is 0 Å². The molecule has 0 rings (SSSR count). The van der Waals surface area contributed by atoms with Gasteiger partial charge in [-0.2, -0.15) is 0 Å². The van der Waals surface area contributed by atoms with Gasteiger partial charge in [-0.1, -0.05) is 0 Å². The predicted molar refractivity (Wildman–Crippen MR) is 48.5 cm³/mol. The van der Waals surface area contributed by atoms with Gasteiger partial charge < -0.3 is 9.80 Å². The van der Waals surface area contributed by atoms with E-state index < -0.39 is 0 Å². The van der Waals surface area contributed by atoms with Gasteiger partial charge in [0.2, 0.25) is 0 Å². The third-order valence-corrected chi connectivity index (χ3v) is 1.25. The third kappa shape index (κ3) is 4.26. The predicted octanol–water partition coefficient (Wildman–Crippen LogP) is 0.423. The van der Waals surface area contributed by atoms with Gasteiger partial charge in [0.15, 0.2) is 5.11 Å². The number of rotatable bonds is 1. The van der Waals surface area contributed by atoms with Crippen LogP contribution in [0.4, 0.5) is 0 Å². The molecule has 0 N–H and O–H groups in total. The van der Waals surface area contributed by atoms with Gasteiger partial charge in [0, 0.05) is 28.2 Å². The minimum Gasteiger partial charge on any atom is -0.369 e. The summed E-state index contributed by atoms with van der Waals surface area (Å²) < 4.78 is 0. The summed E-state index contributed by atoms with van der Waals surface area (Å²) in [7, 11) is 7.55. The minimum absolute atomic E-state index is 0.591. The molecule has 0 atom stereocenters. The van der Waals surface area contributed by atoms with Crippen molar-refractivity contribution in [3.63, 3.8) is 0 Å². The van der Waals surface area contributed by atoms with Gasteiger partial charge in [-0.05, 0) is 12.2 Å². The first-order valence-corrected chi connectivity index (χ1v) is 3.36. The summed E-state index contributed by atoms with van der Waals surface area (Å²) in [5.41, 5.74) is 0. The van der Waals surface area contributed by atoms with Crippen molar-refractivity contribution < 1.29 is 0 Å². The fourth-order valence-electron chi connectivity index (χ4n) is 0.280. The van der Waals surface area contributed by atoms with Gasteiger partial charge in [-0.25, -0.2) is 4.99 Å². The summed E-state index contributed by atoms with van der Waals surface area (Å²) >= 11 is 4.90. The third-order valence-electron chi connectivity index (χ3n) is 0.782. The number of hydrogen-bond donors (Lipinski definition) is 0. The summed E-state index contributed by atoms with van der Waals surface area (Å²) in [4.78, 5) is 7.61. The standard InChI is InChI=1S/C6H13N3S/c1-8(2)5-7-6(10)9(3)4/h5H,1-4H3. The van der Waals surface area contributed by atoms with Crippen molar-refractivity contribution in [2.75, 3.05) is 28.2 Å². The van der Waals surface area contributed by atoms with Crippen LogP contribution in [0.1, 0.15) is 0 Å². The molecule has 3 nitrogen and oxygen atoms in total. The van der Waals surface area contributed by atoms with E-state index in [9.17, 15) is 0 Å². The Labute approximate surface area is 67.3 Å². The number of thiocarbonyl (C=S) groups is 1. The lowest BCUT2D eigenvalue weighted by atomic mass is 10.8. The van der Waals surface area contributed by atoms with Crippen molar-refractivity contribution in [2.24, 2.45) is 4.99 Å². The van der Waals surface area contributed by atoms with E-state index >= 15 is 0 Å². The molecule has 0 aromatic heterocycles. The molecule has 0 spiro atoms. The molecule has 0 radical (unpaired) electrons. The van der Waals surface area contributed by atoms with Crippen LogP contribution in [-0.2, 0) is 0 Å². The lowest BCUT2D eigenvalue weighted by Gasteiger charge is -2.09. The molecule has 0 saturated heterocycles. The Hall–Kier alpha value is -0.640. The molecule has 0 aliphatic heterocycles. The van der Waals surface area contributed by atoms with Crippen LogP contribution in [0.5, 0.6) is 0 Å². The fourth-order valence-corrected chi connectivity index (χ4v) is 0.327. The summed E-state index contributed by atoms with van der Waals surface area (Å²) in [6.07, 6.45) is 1.68. The highest BCUT2D eigenvalue weighted by molar-refractivity contribution is 7.80. The monoisotopic (exact) mass is 159 g/mol. The maximum absolute atomic E-state index is 4.90. The number of nitrogens with zero attached hydrogens (tertiary/aromatic N) is 3. The molecule has 0 aliphatic carbocycles. The second-order valence-corrected chi connectivity index (χ2v) is 2.75. The summed E-state index contributed by atoms with van der Waals surface area (Å²) in [5, 5.41) is 0.591. The smallest absolute Gasteiger partial charge is 0.196 e. The Morgan fingerprint density at radius 1 is 1.30 bits per heavy atom. The van der Waals surface area contributed by atoms with Gasteiger partial charge in [-0.15, -0.1) is 0 Å². The summed E-state index contributed by atoms with van der Waals surface area (Å²) in [5.74, 6) is 0. The van der Waals surface area contributed by atoms with Gasteiger partial charge >= 0.3 is 0 Å². The lowest BCUT2D eigenvalue weighted by molar-refractivity contribution is 0.618. The lowest BCUT2D eigenvalue weighted by Crippen LogP contribution is -2.19. The maximum atomic E-state index is 4.90. The zero-order valence-corrected chi connectivity index (χ0v) is 7.64. The van der Waals surface area contributed by atoms with Crippen molar-refractivity contribution in [1.29, 1.82) is 0 Å². The molecule has 10 heavy (non-hydrogen) atoms. The Kier molecular flexibility index (Phi) is 3.95. The second kappa shape index (κ2) is 4.22. The molecular weight excluding hydrogens is 146 g/mol. The van der Waals surface area contributed by atoms with Crippen LogP contribution in [0.15, 0.2) is 4.99 Å². The average molecular weight is 159 g/mol. The van der Waals surface area contributed by atoms with E-state index in [1.807, 2.05) is 33.1 Å². The first-order chi connectivity index (χ1) is 4.54. The molecule has 0 bridgehead atoms. The Morgan fingerprint density at radius 3 is 2.10 bits per heavy atom. The molecule has 0 saturated carbocycles. The molecular formula is C6H13N3S. The molecule has 0 heterocycles. The van der Waals surface area contributed by atoms with E-state index in [2.05, 4.69) is 4.99 Å². The van der Waals surface area contributed by atoms with Crippen LogP contribution >= 0.6 is 12.2 Å². The SMILES string of the molecule is CN(C)C=NC(=S)N(C)C. The van der Waals surface area contributed by atoms with Crippen LogP contribution in [0.25, 0.3) is 0 Å². The normalized spacial score (nSPS) is 10.0. The van der Waals surface area contributed by atoms with E-state index in [4.69, 9.17) is 12.2 Å². The Balaban J connectivity index is 3.79. The van der Waals surface area contributed by atoms with E-state index in [1.165, 1.54) is 0 Å². The highest BCUT2D eigenvalue weighted by Crippen LogP contribution is 1.83. The summed E-state index contributed by atoms with van der Waals surface area (Å²) in [6, 6.07) is 0. The Bertz CT molecular complexity index is 140. The molecule has 0 aromatic rings. The van der Waals surface area contributed by atoms with Gasteiger partial charge in [-0.3, -0.25) is 0 Å². The minimum atomic E-state index is 0.591. The maximum Gasteiger partial charge on any atom is 0.196 e. The van der Waals surface area contributed by atoms with Crippen molar-refractivity contribution in [3.8, 4) is 0 Å². The fraction of sp³-hybridized carbons (Fsp3) is 0.667. The van der Waals surface area contributed by atoms with Gasteiger partial charge in [0.1, 0.15) is 0 Å². The molecule has 4 heteroatoms. The first kappa shape index (κ1) is 9.36. The van der Waals surface area contributed by atoms with E-state index in [-0.39, 0.29) is 0 Å². The highest BCUT2D eigenvalue weighted by atomic mass is 32.1. The van der Waals surface area contributed by atoms with Crippen LogP contribution in [0.3, 0.4) is 0 Å². The zero-order chi connectivity index (χ0) is 8.15. The van der Waals surface area contributed by atoms with Crippen molar-refractivity contribution in [3.05, 3.63) is 0 Å². The van der Waals surface area contributed by atoms with Gasteiger partial charge in [0.25, 0.3) is 0 Å². The number of hydrogen-bond acceptors (Lipinski definition) is 1. The van der Waals surface area contributed by atoms with Crippen LogP contribution in [0, 0.1) is 0 Å². The number of aliphatic imine (C=N–C) groups is 1. The van der Waals surface area contributed by atoms with E-state index in [0.29, 0.717) is 5.11 Å². The van der Waals surface area contributed by atoms with Crippen LogP contribution in [-0.4, -0.2) is 49.4 Å². The van der Waals surface area contributed by atoms with Crippen molar-refractivity contribution in [2.45, 2.75) is 0 Å².